The van der Waals surface area contributed by atoms with Crippen LogP contribution >= 0.6 is 0 Å². The highest BCUT2D eigenvalue weighted by Gasteiger charge is 2.21. The number of rotatable bonds is 20. The van der Waals surface area contributed by atoms with Gasteiger partial charge >= 0.3 is 23.9 Å². The second-order valence-electron chi connectivity index (χ2n) is 13.9. The van der Waals surface area contributed by atoms with Crippen molar-refractivity contribution in [2.45, 2.75) is 20.8 Å². The molecule has 5 aromatic carbocycles. The Morgan fingerprint density at radius 2 is 0.984 bits per heavy atom. The minimum absolute atomic E-state index is 0.0442. The summed E-state index contributed by atoms with van der Waals surface area (Å²) in [7, 11) is 1.60. The Morgan fingerprint density at radius 3 is 1.46 bits per heavy atom. The molecule has 63 heavy (non-hydrogen) atoms. The highest BCUT2D eigenvalue weighted by Crippen LogP contribution is 2.42. The summed E-state index contributed by atoms with van der Waals surface area (Å²) < 4.78 is 26.4. The van der Waals surface area contributed by atoms with Crippen LogP contribution in [-0.2, 0) is 28.5 Å². The van der Waals surface area contributed by atoms with Gasteiger partial charge in [-0.2, -0.15) is 0 Å². The summed E-state index contributed by atoms with van der Waals surface area (Å²) in [5.74, 6) is -1.88. The highest BCUT2D eigenvalue weighted by atomic mass is 16.6. The molecule has 0 fully saturated rings. The molecule has 0 radical (unpaired) electrons. The maximum Gasteiger partial charge on any atom is 0.338 e. The molecule has 5 aromatic rings. The lowest BCUT2D eigenvalue weighted by Gasteiger charge is -2.28. The number of esters is 4. The third-order valence-electron chi connectivity index (χ3n) is 9.54. The first-order valence-electron chi connectivity index (χ1n) is 20.1. The Morgan fingerprint density at radius 1 is 0.556 bits per heavy atom. The van der Waals surface area contributed by atoms with Gasteiger partial charge in [-0.1, -0.05) is 68.8 Å². The van der Waals surface area contributed by atoms with E-state index in [0.29, 0.717) is 28.1 Å². The quantitative estimate of drug-likeness (QED) is 0.0322. The van der Waals surface area contributed by atoms with E-state index in [1.54, 1.807) is 69.5 Å². The fourth-order valence-electron chi connectivity index (χ4n) is 6.26. The molecule has 0 N–H and O–H groups in total. The van der Waals surface area contributed by atoms with Gasteiger partial charge in [0.15, 0.2) is 0 Å². The van der Waals surface area contributed by atoms with Crippen molar-refractivity contribution in [3.8, 4) is 5.75 Å². The Kier molecular flexibility index (Phi) is 16.2. The van der Waals surface area contributed by atoms with Crippen molar-refractivity contribution >= 4 is 57.9 Å². The molecule has 322 valence electrons. The molecule has 0 aromatic heterocycles. The van der Waals surface area contributed by atoms with Crippen LogP contribution in [0, 0.1) is 0 Å². The van der Waals surface area contributed by atoms with E-state index in [2.05, 4.69) is 26.3 Å². The van der Waals surface area contributed by atoms with Crippen molar-refractivity contribution in [1.82, 2.24) is 0 Å². The van der Waals surface area contributed by atoms with Crippen molar-refractivity contribution < 1.29 is 42.9 Å². The van der Waals surface area contributed by atoms with Crippen LogP contribution in [0.2, 0.25) is 0 Å². The molecule has 0 atom stereocenters. The summed E-state index contributed by atoms with van der Waals surface area (Å²) in [6.45, 7) is 21.3. The SMILES string of the molecule is C=C(COC(=O)c1ccc(N(C(=C)/C(C)=C\C(=C)c2ccc(N(c3ccccc3)c3ccc(C(=O)OCC(=C)C(=O)OCC)cc3)c(OC)c2)c2ccccc2)cc1)C(=O)OCC. The molecule has 0 amide bonds. The minimum atomic E-state index is -0.616. The molecule has 0 saturated carbocycles. The van der Waals surface area contributed by atoms with Crippen LogP contribution < -0.4 is 14.5 Å². The third kappa shape index (κ3) is 11.9. The smallest absolute Gasteiger partial charge is 0.338 e. The van der Waals surface area contributed by atoms with Gasteiger partial charge in [-0.15, -0.1) is 0 Å². The van der Waals surface area contributed by atoms with E-state index in [1.807, 2.05) is 102 Å². The van der Waals surface area contributed by atoms with Crippen LogP contribution in [0.1, 0.15) is 47.1 Å². The van der Waals surface area contributed by atoms with E-state index in [9.17, 15) is 19.2 Å². The minimum Gasteiger partial charge on any atom is -0.495 e. The first-order valence-corrected chi connectivity index (χ1v) is 20.1. The molecule has 0 spiro atoms. The zero-order chi connectivity index (χ0) is 45.5. The van der Waals surface area contributed by atoms with Crippen LogP contribution in [0.3, 0.4) is 0 Å². The van der Waals surface area contributed by atoms with Gasteiger partial charge in [0.2, 0.25) is 0 Å². The van der Waals surface area contributed by atoms with Gasteiger partial charge in [0.25, 0.3) is 0 Å². The van der Waals surface area contributed by atoms with E-state index in [4.69, 9.17) is 23.7 Å². The first-order chi connectivity index (χ1) is 30.4. The zero-order valence-electron chi connectivity index (χ0n) is 35.9. The molecular formula is C52H50N2O9. The second kappa shape index (κ2) is 22.1. The van der Waals surface area contributed by atoms with Crippen molar-refractivity contribution in [3.05, 3.63) is 199 Å². The van der Waals surface area contributed by atoms with Gasteiger partial charge in [-0.05, 0) is 128 Å². The monoisotopic (exact) mass is 846 g/mol. The second-order valence-corrected chi connectivity index (χ2v) is 13.9. The summed E-state index contributed by atoms with van der Waals surface area (Å²) in [4.78, 5) is 53.5. The molecular weight excluding hydrogens is 797 g/mol. The number of nitrogens with zero attached hydrogens (tertiary/aromatic N) is 2. The molecule has 0 aliphatic rings. The molecule has 0 saturated heterocycles. The number of hydrogen-bond donors (Lipinski definition) is 0. The van der Waals surface area contributed by atoms with Crippen LogP contribution in [-0.4, -0.2) is 57.4 Å². The van der Waals surface area contributed by atoms with Crippen LogP contribution in [0.4, 0.5) is 28.4 Å². The van der Waals surface area contributed by atoms with Gasteiger partial charge in [-0.25, -0.2) is 19.2 Å². The van der Waals surface area contributed by atoms with Crippen LogP contribution in [0.25, 0.3) is 5.57 Å². The van der Waals surface area contributed by atoms with Crippen molar-refractivity contribution in [3.63, 3.8) is 0 Å². The van der Waals surface area contributed by atoms with E-state index >= 15 is 0 Å². The van der Waals surface area contributed by atoms with Crippen LogP contribution in [0.5, 0.6) is 5.75 Å². The maximum absolute atomic E-state index is 12.9. The van der Waals surface area contributed by atoms with Gasteiger partial charge in [0.1, 0.15) is 19.0 Å². The van der Waals surface area contributed by atoms with Crippen molar-refractivity contribution in [2.75, 3.05) is 43.3 Å². The molecule has 0 heterocycles. The number of anilines is 5. The molecule has 0 aliphatic heterocycles. The molecule has 0 bridgehead atoms. The number of hydrogen-bond acceptors (Lipinski definition) is 11. The Balaban J connectivity index is 1.37. The first kappa shape index (κ1) is 46.2. The third-order valence-corrected chi connectivity index (χ3v) is 9.54. The molecule has 0 aliphatic carbocycles. The Labute approximate surface area is 368 Å². The summed E-state index contributed by atoms with van der Waals surface area (Å²) >= 11 is 0. The summed E-state index contributed by atoms with van der Waals surface area (Å²) in [5, 5.41) is 0. The van der Waals surface area contributed by atoms with Gasteiger partial charge in [-0.3, -0.25) is 0 Å². The molecule has 11 nitrogen and oxygen atoms in total. The average molecular weight is 847 g/mol. The molecule has 0 unspecified atom stereocenters. The predicted octanol–water partition coefficient (Wildman–Crippen LogP) is 11.0. The lowest BCUT2D eigenvalue weighted by atomic mass is 10.0. The van der Waals surface area contributed by atoms with E-state index in [1.165, 1.54) is 0 Å². The van der Waals surface area contributed by atoms with Gasteiger partial charge < -0.3 is 33.5 Å². The van der Waals surface area contributed by atoms with Crippen molar-refractivity contribution in [2.24, 2.45) is 0 Å². The fraction of sp³-hybridized carbons (Fsp3) is 0.154. The van der Waals surface area contributed by atoms with E-state index in [-0.39, 0.29) is 37.6 Å². The highest BCUT2D eigenvalue weighted by molar-refractivity contribution is 5.94. The van der Waals surface area contributed by atoms with Gasteiger partial charge in [0.05, 0.1) is 48.3 Å². The zero-order valence-corrected chi connectivity index (χ0v) is 35.9. The lowest BCUT2D eigenvalue weighted by molar-refractivity contribution is -0.139. The number of ether oxygens (including phenoxy) is 5. The number of para-hydroxylation sites is 2. The lowest BCUT2D eigenvalue weighted by Crippen LogP contribution is -2.17. The molecule has 5 rings (SSSR count). The number of allylic oxidation sites excluding steroid dienone is 3. The van der Waals surface area contributed by atoms with Gasteiger partial charge in [0, 0.05) is 28.4 Å². The summed E-state index contributed by atoms with van der Waals surface area (Å²) in [6.07, 6.45) is 1.95. The normalized spacial score (nSPS) is 10.8. The summed E-state index contributed by atoms with van der Waals surface area (Å²) in [5.41, 5.74) is 7.60. The van der Waals surface area contributed by atoms with E-state index < -0.39 is 23.9 Å². The van der Waals surface area contributed by atoms with E-state index in [0.717, 1.165) is 39.6 Å². The summed E-state index contributed by atoms with van der Waals surface area (Å²) in [6, 6.07) is 39.1. The van der Waals surface area contributed by atoms with Crippen molar-refractivity contribution in [1.29, 1.82) is 0 Å². The van der Waals surface area contributed by atoms with Crippen LogP contribution in [0.15, 0.2) is 182 Å². The average Bonchev–Trinajstić information content (AvgIpc) is 3.31. The number of methoxy groups -OCH3 is 1. The predicted molar refractivity (Wildman–Crippen MR) is 247 cm³/mol. The number of benzene rings is 5. The topological polar surface area (TPSA) is 121 Å². The maximum atomic E-state index is 12.9. The fourth-order valence-corrected chi connectivity index (χ4v) is 6.26. The largest absolute Gasteiger partial charge is 0.495 e. The number of carbonyl (C=O) groups excluding carboxylic acids is 4. The molecule has 11 heteroatoms. The Hall–Kier alpha value is -7.92. The number of carbonyl (C=O) groups is 4. The standard InChI is InChI=1S/C52H50N2O9/c1-9-60-49(55)37(5)33-62-51(57)40-21-26-45(27-22-40)53(43-17-13-11-14-18-43)39(7)35(3)31-36(4)42-25-30-47(48(32-42)59-8)54(44-19-15-12-16-20-44)46-28-23-41(24-29-46)52(58)63-34-38(6)50(56)61-10-2/h11-32H,4-7,9-10,33-34H2,1-3,8H3/b35-31-. The Bertz CT molecular complexity index is 2510.